The van der Waals surface area contributed by atoms with Crippen LogP contribution in [0.4, 0.5) is 0 Å². The minimum Gasteiger partial charge on any atom is -0.507 e. The molecule has 1 aromatic rings. The number of methoxy groups -OCH3 is 2. The van der Waals surface area contributed by atoms with E-state index in [2.05, 4.69) is 20.0 Å². The number of ether oxygens (including phenoxy) is 2. The topological polar surface area (TPSA) is 104 Å². The monoisotopic (exact) mass is 410 g/mol. The van der Waals surface area contributed by atoms with Crippen molar-refractivity contribution in [1.82, 2.24) is 15.2 Å². The summed E-state index contributed by atoms with van der Waals surface area (Å²) in [5, 5.41) is 15.0. The zero-order valence-corrected chi connectivity index (χ0v) is 17.5. The van der Waals surface area contributed by atoms with Crippen molar-refractivity contribution < 1.29 is 24.2 Å². The number of hydrogen-bond acceptors (Lipinski definition) is 8. The van der Waals surface area contributed by atoms with Crippen LogP contribution in [0.2, 0.25) is 0 Å². The highest BCUT2D eigenvalue weighted by Crippen LogP contribution is 2.25. The number of benzene rings is 1. The van der Waals surface area contributed by atoms with Gasteiger partial charge in [0.05, 0.1) is 33.5 Å². The summed E-state index contributed by atoms with van der Waals surface area (Å²) in [6.07, 6.45) is 1.45. The van der Waals surface area contributed by atoms with E-state index in [0.29, 0.717) is 16.2 Å². The number of carbonyl (C=O) groups excluding carboxylic acids is 2. The Morgan fingerprint density at radius 3 is 2.29 bits per heavy atom. The van der Waals surface area contributed by atoms with E-state index in [1.807, 2.05) is 6.92 Å². The van der Waals surface area contributed by atoms with Gasteiger partial charge >= 0.3 is 11.9 Å². The maximum atomic E-state index is 11.6. The molecule has 0 atom stereocenters. The molecule has 0 aliphatic heterocycles. The third kappa shape index (κ3) is 7.49. The molecular formula is C18H26N4O5S. The van der Waals surface area contributed by atoms with E-state index in [0.717, 1.165) is 5.56 Å². The molecule has 0 amide bonds. The van der Waals surface area contributed by atoms with E-state index in [4.69, 9.17) is 12.2 Å². The van der Waals surface area contributed by atoms with E-state index < -0.39 is 11.9 Å². The lowest BCUT2D eigenvalue weighted by Gasteiger charge is -2.21. The number of phenolic OH excluding ortho intramolecular Hbond substituents is 1. The fourth-order valence-electron chi connectivity index (χ4n) is 2.26. The van der Waals surface area contributed by atoms with Gasteiger partial charge in [0.15, 0.2) is 5.11 Å². The third-order valence-corrected chi connectivity index (χ3v) is 4.14. The predicted octanol–water partition coefficient (Wildman–Crippen LogP) is 0.619. The molecule has 0 bridgehead atoms. The summed E-state index contributed by atoms with van der Waals surface area (Å²) in [5.74, 6) is -1.01. The maximum absolute atomic E-state index is 11.6. The van der Waals surface area contributed by atoms with Crippen LogP contribution in [0.5, 0.6) is 5.75 Å². The molecule has 10 heteroatoms. The number of hydrazone groups is 1. The van der Waals surface area contributed by atoms with E-state index in [1.165, 1.54) is 25.3 Å². The van der Waals surface area contributed by atoms with Gasteiger partial charge in [0, 0.05) is 31.8 Å². The molecule has 1 rings (SSSR count). The number of esters is 2. The fraction of sp³-hybridized carbons (Fsp3) is 0.444. The number of rotatable bonds is 8. The van der Waals surface area contributed by atoms with Crippen molar-refractivity contribution in [2.75, 3.05) is 41.4 Å². The van der Waals surface area contributed by atoms with Gasteiger partial charge in [0.2, 0.25) is 0 Å². The maximum Gasteiger partial charge on any atom is 0.319 e. The Labute approximate surface area is 169 Å². The number of thiocarbonyl (C=S) groups is 1. The smallest absolute Gasteiger partial charge is 0.319 e. The molecule has 2 N–H and O–H groups in total. The molecule has 0 heterocycles. The lowest BCUT2D eigenvalue weighted by atomic mass is 10.0. The second-order valence-electron chi connectivity index (χ2n) is 6.23. The first-order valence-corrected chi connectivity index (χ1v) is 8.77. The SMILES string of the molecule is COC(=O)CN(CC(=O)OC)Cc1cc(C)cc(/C=N/NC(=S)N(C)C)c1O. The van der Waals surface area contributed by atoms with Crippen molar-refractivity contribution in [2.24, 2.45) is 5.10 Å². The lowest BCUT2D eigenvalue weighted by Crippen LogP contribution is -2.35. The molecule has 154 valence electrons. The van der Waals surface area contributed by atoms with Gasteiger partial charge in [-0.2, -0.15) is 5.10 Å². The van der Waals surface area contributed by atoms with Gasteiger partial charge in [-0.3, -0.25) is 19.9 Å². The molecule has 1 aromatic carbocycles. The van der Waals surface area contributed by atoms with Crippen molar-refractivity contribution in [1.29, 1.82) is 0 Å². The first-order valence-electron chi connectivity index (χ1n) is 8.36. The number of nitrogens with one attached hydrogen (secondary N) is 1. The normalized spacial score (nSPS) is 10.8. The van der Waals surface area contributed by atoms with Gasteiger partial charge in [0.25, 0.3) is 0 Å². The number of aryl methyl sites for hydroxylation is 1. The molecule has 0 aliphatic rings. The summed E-state index contributed by atoms with van der Waals surface area (Å²) in [7, 11) is 6.10. The van der Waals surface area contributed by atoms with Gasteiger partial charge in [-0.1, -0.05) is 6.07 Å². The summed E-state index contributed by atoms with van der Waals surface area (Å²) < 4.78 is 9.33. The van der Waals surface area contributed by atoms with Crippen LogP contribution in [0, 0.1) is 6.92 Å². The standard InChI is InChI=1S/C18H26N4O5S/c1-12-6-13(8-19-20-18(28)21(2)3)17(25)14(7-12)9-22(10-15(23)26-4)11-16(24)27-5/h6-8,25H,9-11H2,1-5H3,(H,20,28)/b19-8+. The molecule has 0 radical (unpaired) electrons. The van der Waals surface area contributed by atoms with E-state index in [9.17, 15) is 14.7 Å². The van der Waals surface area contributed by atoms with Crippen LogP contribution in [0.1, 0.15) is 16.7 Å². The average molecular weight is 410 g/mol. The second kappa shape index (κ2) is 11.2. The Hall–Kier alpha value is -2.72. The quantitative estimate of drug-likeness (QED) is 0.276. The summed E-state index contributed by atoms with van der Waals surface area (Å²) in [6, 6.07) is 3.53. The molecule has 28 heavy (non-hydrogen) atoms. The number of hydrogen-bond donors (Lipinski definition) is 2. The van der Waals surface area contributed by atoms with Gasteiger partial charge in [-0.05, 0) is 30.8 Å². The minimum absolute atomic E-state index is 0.00773. The summed E-state index contributed by atoms with van der Waals surface area (Å²) in [5.41, 5.74) is 4.57. The van der Waals surface area contributed by atoms with Gasteiger partial charge in [-0.25, -0.2) is 0 Å². The Morgan fingerprint density at radius 1 is 1.21 bits per heavy atom. The minimum atomic E-state index is -0.501. The second-order valence-corrected chi connectivity index (χ2v) is 6.62. The first-order chi connectivity index (χ1) is 13.2. The largest absolute Gasteiger partial charge is 0.507 e. The van der Waals surface area contributed by atoms with Crippen LogP contribution in [0.25, 0.3) is 0 Å². The van der Waals surface area contributed by atoms with E-state index in [-0.39, 0.29) is 25.4 Å². The van der Waals surface area contributed by atoms with Crippen LogP contribution in [-0.2, 0) is 25.6 Å². The Bertz CT molecular complexity index is 734. The molecular weight excluding hydrogens is 384 g/mol. The summed E-state index contributed by atoms with van der Waals surface area (Å²) >= 11 is 5.08. The van der Waals surface area contributed by atoms with Crippen LogP contribution in [-0.4, -0.2) is 79.6 Å². The highest BCUT2D eigenvalue weighted by atomic mass is 32.1. The number of aromatic hydroxyl groups is 1. The van der Waals surface area contributed by atoms with Crippen LogP contribution in [0.15, 0.2) is 17.2 Å². The van der Waals surface area contributed by atoms with Gasteiger partial charge < -0.3 is 19.5 Å². The molecule has 0 unspecified atom stereocenters. The van der Waals surface area contributed by atoms with E-state index in [1.54, 1.807) is 31.1 Å². The third-order valence-electron chi connectivity index (χ3n) is 3.69. The van der Waals surface area contributed by atoms with E-state index >= 15 is 0 Å². The Morgan fingerprint density at radius 2 is 1.79 bits per heavy atom. The fourth-order valence-corrected chi connectivity index (χ4v) is 2.32. The zero-order chi connectivity index (χ0) is 21.3. The van der Waals surface area contributed by atoms with Crippen molar-refractivity contribution >= 4 is 35.5 Å². The number of carbonyl (C=O) groups is 2. The Balaban J connectivity index is 3.05. The Kier molecular flexibility index (Phi) is 9.33. The molecule has 0 saturated heterocycles. The first kappa shape index (κ1) is 23.3. The molecule has 0 aliphatic carbocycles. The highest BCUT2D eigenvalue weighted by Gasteiger charge is 2.18. The summed E-state index contributed by atoms with van der Waals surface area (Å²) in [4.78, 5) is 26.5. The zero-order valence-electron chi connectivity index (χ0n) is 16.7. The van der Waals surface area contributed by atoms with Crippen molar-refractivity contribution in [2.45, 2.75) is 13.5 Å². The number of nitrogens with zero attached hydrogens (tertiary/aromatic N) is 3. The van der Waals surface area contributed by atoms with Crippen LogP contribution >= 0.6 is 12.2 Å². The summed E-state index contributed by atoms with van der Waals surface area (Å²) in [6.45, 7) is 1.76. The van der Waals surface area contributed by atoms with Crippen LogP contribution in [0.3, 0.4) is 0 Å². The van der Waals surface area contributed by atoms with Crippen LogP contribution < -0.4 is 5.43 Å². The predicted molar refractivity (Wildman–Crippen MR) is 109 cm³/mol. The molecule has 0 fully saturated rings. The lowest BCUT2D eigenvalue weighted by molar-refractivity contribution is -0.145. The van der Waals surface area contributed by atoms with Crippen molar-refractivity contribution in [3.63, 3.8) is 0 Å². The highest BCUT2D eigenvalue weighted by molar-refractivity contribution is 7.80. The molecule has 0 spiro atoms. The van der Waals surface area contributed by atoms with Crippen molar-refractivity contribution in [3.8, 4) is 5.75 Å². The molecule has 9 nitrogen and oxygen atoms in total. The molecule has 0 saturated carbocycles. The molecule has 0 aromatic heterocycles. The average Bonchev–Trinajstić information content (AvgIpc) is 2.64. The number of phenols is 1. The van der Waals surface area contributed by atoms with Gasteiger partial charge in [0.1, 0.15) is 5.75 Å². The van der Waals surface area contributed by atoms with Gasteiger partial charge in [-0.15, -0.1) is 0 Å². The van der Waals surface area contributed by atoms with Crippen molar-refractivity contribution in [3.05, 3.63) is 28.8 Å².